The third-order valence-electron chi connectivity index (χ3n) is 13.8. The normalized spacial score (nSPS) is 29.4. The van der Waals surface area contributed by atoms with E-state index in [9.17, 15) is 45.2 Å². The molecule has 4 aliphatic rings. The average molecular weight is 952 g/mol. The van der Waals surface area contributed by atoms with Crippen LogP contribution in [0, 0.1) is 41.9 Å². The summed E-state index contributed by atoms with van der Waals surface area (Å²) in [4.78, 5) is 43.3. The van der Waals surface area contributed by atoms with Gasteiger partial charge in [0, 0.05) is 80.8 Å². The maximum absolute atomic E-state index is 14.7. The van der Waals surface area contributed by atoms with Crippen molar-refractivity contribution in [1.29, 1.82) is 5.26 Å². The molecule has 17 heteroatoms. The Balaban J connectivity index is 1.48. The number of fused-ring (bicyclic) bond motifs is 14. The van der Waals surface area contributed by atoms with Gasteiger partial charge in [-0.15, -0.1) is 0 Å². The van der Waals surface area contributed by atoms with Gasteiger partial charge in [0.25, 0.3) is 11.7 Å². The molecule has 5 bridgehead atoms. The number of phenols is 3. The predicted octanol–water partition coefficient (Wildman–Crippen LogP) is 6.55. The number of hydrazone groups is 1. The number of carbonyl (C=O) groups is 3. The Labute approximate surface area is 402 Å². The van der Waals surface area contributed by atoms with Gasteiger partial charge in [-0.2, -0.15) is 10.4 Å². The quantitative estimate of drug-likeness (QED) is 0.0664. The van der Waals surface area contributed by atoms with Crippen LogP contribution in [0.15, 0.2) is 65.5 Å². The molecule has 11 atom stereocenters. The Kier molecular flexibility index (Phi) is 15.8. The van der Waals surface area contributed by atoms with Crippen LogP contribution in [-0.2, 0) is 30.3 Å². The molecule has 4 aliphatic heterocycles. The standard InChI is InChI=1S/C52H65N5O12/c1-26-14-12-15-27(2)51(65)55-42-37(22-54-57-28(3)23-56(24-29(57)4)25-36-17-13-16-35(20-36)21-53)46(62)39-40(47(42)63)45(61)33(8)49-41(39)50(64)52(10,69-49)67-19-18-38(66-11)30(5)48(68-34(9)58)32(7)44(60)31(6)43(26)59/h12-20,22,26,28-32,38,43-44,48,59-63H,23-25H2,1-11H3,(H,55,65)/t26-,28-,29+,30+,31-,32-,38+,43-,44-,48-,52-/m0/s1. The number of rotatable bonds is 6. The number of ether oxygens (including phenoxy) is 4. The Bertz CT molecular complexity index is 2630. The van der Waals surface area contributed by atoms with Crippen molar-refractivity contribution in [2.45, 2.75) is 118 Å². The number of aliphatic hydroxyl groups is 2. The summed E-state index contributed by atoms with van der Waals surface area (Å²) in [6.45, 7) is 18.2. The van der Waals surface area contributed by atoms with Gasteiger partial charge in [0.2, 0.25) is 0 Å². The number of piperazine rings is 1. The number of aromatic hydroxyl groups is 3. The van der Waals surface area contributed by atoms with Crippen LogP contribution < -0.4 is 10.1 Å². The Hall–Kier alpha value is -6.45. The zero-order valence-electron chi connectivity index (χ0n) is 41.1. The van der Waals surface area contributed by atoms with Crippen LogP contribution in [0.5, 0.6) is 23.0 Å². The first kappa shape index (κ1) is 51.9. The van der Waals surface area contributed by atoms with Crippen molar-refractivity contribution in [3.63, 3.8) is 0 Å². The number of carbonyl (C=O) groups excluding carboxylic acids is 3. The third kappa shape index (κ3) is 10.4. The van der Waals surface area contributed by atoms with Gasteiger partial charge in [-0.05, 0) is 51.5 Å². The molecule has 6 N–H and O–H groups in total. The first-order chi connectivity index (χ1) is 32.5. The van der Waals surface area contributed by atoms with Crippen molar-refractivity contribution in [3.05, 3.63) is 88.2 Å². The lowest BCUT2D eigenvalue weighted by Gasteiger charge is -2.42. The number of ketones is 1. The highest BCUT2D eigenvalue weighted by molar-refractivity contribution is 6.23. The Morgan fingerprint density at radius 3 is 2.29 bits per heavy atom. The number of esters is 1. The van der Waals surface area contributed by atoms with Crippen molar-refractivity contribution in [2.75, 3.05) is 25.5 Å². The highest BCUT2D eigenvalue weighted by Crippen LogP contribution is 2.55. The molecule has 0 radical (unpaired) electrons. The number of nitriles is 1. The van der Waals surface area contributed by atoms with Crippen LogP contribution in [0.25, 0.3) is 10.8 Å². The van der Waals surface area contributed by atoms with Gasteiger partial charge in [0.1, 0.15) is 23.4 Å². The lowest BCUT2D eigenvalue weighted by molar-refractivity contribution is -0.160. The molecule has 0 spiro atoms. The molecule has 1 saturated heterocycles. The van der Waals surface area contributed by atoms with Crippen LogP contribution >= 0.6 is 0 Å². The second kappa shape index (κ2) is 21.0. The molecule has 0 saturated carbocycles. The van der Waals surface area contributed by atoms with E-state index in [1.165, 1.54) is 59.4 Å². The van der Waals surface area contributed by atoms with Gasteiger partial charge in [-0.1, -0.05) is 58.1 Å². The Morgan fingerprint density at radius 2 is 1.65 bits per heavy atom. The number of hydrogen-bond acceptors (Lipinski definition) is 16. The lowest BCUT2D eigenvalue weighted by Crippen LogP contribution is -2.54. The molecule has 0 unspecified atom stereocenters. The molecule has 370 valence electrons. The second-order valence-corrected chi connectivity index (χ2v) is 18.9. The number of Topliss-reactive ketones (excluding diaryl/α,β-unsaturated/α-hetero) is 1. The molecule has 1 fully saturated rings. The van der Waals surface area contributed by atoms with E-state index in [1.54, 1.807) is 45.9 Å². The number of amides is 1. The number of hydrogen-bond donors (Lipinski definition) is 6. The van der Waals surface area contributed by atoms with Crippen molar-refractivity contribution < 1.29 is 58.9 Å². The van der Waals surface area contributed by atoms with Crippen molar-refractivity contribution in [3.8, 4) is 29.1 Å². The highest BCUT2D eigenvalue weighted by atomic mass is 16.7. The smallest absolute Gasteiger partial charge is 0.312 e. The minimum atomic E-state index is -2.08. The van der Waals surface area contributed by atoms with Gasteiger partial charge >= 0.3 is 11.8 Å². The summed E-state index contributed by atoms with van der Waals surface area (Å²) in [5, 5.41) is 77.5. The fourth-order valence-electron chi connectivity index (χ4n) is 9.77. The van der Waals surface area contributed by atoms with E-state index in [0.29, 0.717) is 25.2 Å². The summed E-state index contributed by atoms with van der Waals surface area (Å²) in [5.74, 6) is -8.64. The molecule has 1 amide bonds. The first-order valence-electron chi connectivity index (χ1n) is 23.2. The SMILES string of the molecule is CO[C@@H]1C=CO[C@@]2(C)Oc3c(C)c(O)c4c(O)c(c(C=NN5[C@H](C)CN(Cc6cccc(C#N)c6)C[C@@H]5C)c(O)c4c3C2=O)NC(=O)C(C)=CC=C[C@H](C)[C@H](O)[C@H](C)[C@H](O)[C@H](C)[C@@H](OC(C)=O)[C@@H]1C. The summed E-state index contributed by atoms with van der Waals surface area (Å²) in [6.07, 6.45) is 4.76. The van der Waals surface area contributed by atoms with Gasteiger partial charge in [0.05, 0.1) is 76.7 Å². The minimum Gasteiger partial charge on any atom is -0.507 e. The lowest BCUT2D eigenvalue weighted by atomic mass is 9.78. The highest BCUT2D eigenvalue weighted by Gasteiger charge is 2.50. The summed E-state index contributed by atoms with van der Waals surface area (Å²) in [5.41, 5.74) is 1.06. The van der Waals surface area contributed by atoms with E-state index < -0.39 is 88.8 Å². The number of nitrogens with zero attached hydrogens (tertiary/aromatic N) is 4. The zero-order valence-corrected chi connectivity index (χ0v) is 41.1. The van der Waals surface area contributed by atoms with Crippen LogP contribution in [-0.4, -0.2) is 122 Å². The molecule has 0 aliphatic carbocycles. The van der Waals surface area contributed by atoms with Crippen LogP contribution in [0.3, 0.4) is 0 Å². The Morgan fingerprint density at radius 1 is 0.971 bits per heavy atom. The third-order valence-corrected chi connectivity index (χ3v) is 13.8. The number of phenolic OH excluding ortho intramolecular Hbond substituents is 3. The zero-order chi connectivity index (χ0) is 50.8. The van der Waals surface area contributed by atoms with Crippen molar-refractivity contribution in [1.82, 2.24) is 9.91 Å². The number of benzene rings is 3. The van der Waals surface area contributed by atoms with E-state index >= 15 is 0 Å². The number of anilines is 1. The van der Waals surface area contributed by atoms with E-state index in [0.717, 1.165) is 5.56 Å². The fourth-order valence-corrected chi connectivity index (χ4v) is 9.77. The minimum absolute atomic E-state index is 0.0350. The van der Waals surface area contributed by atoms with Gasteiger partial charge in [-0.3, -0.25) is 24.3 Å². The summed E-state index contributed by atoms with van der Waals surface area (Å²) < 4.78 is 23.8. The van der Waals surface area contributed by atoms with E-state index in [4.69, 9.17) is 24.0 Å². The molecule has 69 heavy (non-hydrogen) atoms. The van der Waals surface area contributed by atoms with Crippen molar-refractivity contribution in [2.24, 2.45) is 28.8 Å². The molecule has 4 heterocycles. The fraction of sp³-hybridized carbons (Fsp3) is 0.481. The maximum Gasteiger partial charge on any atom is 0.312 e. The number of allylic oxidation sites excluding steroid dienone is 2. The number of aliphatic hydroxyl groups excluding tert-OH is 2. The molecular weight excluding hydrogens is 887 g/mol. The largest absolute Gasteiger partial charge is 0.507 e. The average Bonchev–Trinajstić information content (AvgIpc) is 3.57. The van der Waals surface area contributed by atoms with Gasteiger partial charge in [-0.25, -0.2) is 0 Å². The van der Waals surface area contributed by atoms with Crippen LogP contribution in [0.4, 0.5) is 5.69 Å². The summed E-state index contributed by atoms with van der Waals surface area (Å²) in [7, 11) is 1.43. The molecular formula is C52H65N5O12. The maximum atomic E-state index is 14.7. The molecule has 0 aromatic heterocycles. The van der Waals surface area contributed by atoms with Crippen LogP contribution in [0.2, 0.25) is 0 Å². The van der Waals surface area contributed by atoms with E-state index in [1.807, 2.05) is 37.1 Å². The molecule has 17 nitrogen and oxygen atoms in total. The monoisotopic (exact) mass is 951 g/mol. The summed E-state index contributed by atoms with van der Waals surface area (Å²) in [6, 6.07) is 9.26. The predicted molar refractivity (Wildman–Crippen MR) is 259 cm³/mol. The van der Waals surface area contributed by atoms with Crippen molar-refractivity contribution >= 4 is 40.3 Å². The second-order valence-electron chi connectivity index (χ2n) is 18.9. The van der Waals surface area contributed by atoms with Crippen LogP contribution in [0.1, 0.15) is 94.9 Å². The van der Waals surface area contributed by atoms with E-state index in [2.05, 4.69) is 16.3 Å². The summed E-state index contributed by atoms with van der Waals surface area (Å²) >= 11 is 0. The molecule has 7 rings (SSSR count). The molecule has 3 aromatic carbocycles. The molecule has 3 aromatic rings. The topological polar surface area (TPSA) is 244 Å². The van der Waals surface area contributed by atoms with Gasteiger partial charge < -0.3 is 49.8 Å². The van der Waals surface area contributed by atoms with E-state index in [-0.39, 0.29) is 56.6 Å². The van der Waals surface area contributed by atoms with Gasteiger partial charge in [0.15, 0.2) is 5.75 Å². The first-order valence-corrected chi connectivity index (χ1v) is 23.2. The number of methoxy groups -OCH3 is 1. The number of nitrogens with one attached hydrogen (secondary N) is 1.